The number of aliphatic hydroxyl groups is 6. The van der Waals surface area contributed by atoms with Crippen LogP contribution in [0.15, 0.2) is 0 Å². The highest BCUT2D eigenvalue weighted by Crippen LogP contribution is 2.33. The number of ether oxygens (including phenoxy) is 4. The van der Waals surface area contributed by atoms with Crippen LogP contribution < -0.4 is 16.8 Å². The predicted octanol–water partition coefficient (Wildman–Crippen LogP) is -6.15. The van der Waals surface area contributed by atoms with E-state index in [-0.39, 0.29) is 0 Å². The summed E-state index contributed by atoms with van der Waals surface area (Å²) in [5, 5.41) is 63.1. The molecule has 0 aromatic carbocycles. The standard InChI is InChI=1S/C15H29N3O10/c1-18-6-9(22)12-11(8(21)5(17)13(24)26-12)27-14(6)28-15-10(23)7(20)4(16)3(2-19)25-15/h3-15,18-24H,2,16-17H2,1H3/t3-,4-,5-,6+,7+,8-,9-,10-,11+,12-,13+,14+,15-/m1/s1. The first kappa shape index (κ1) is 22.2. The van der Waals surface area contributed by atoms with Crippen LogP contribution in [0, 0.1) is 0 Å². The van der Waals surface area contributed by atoms with Crippen LogP contribution in [-0.4, -0.2) is 124 Å². The van der Waals surface area contributed by atoms with Crippen molar-refractivity contribution >= 4 is 0 Å². The summed E-state index contributed by atoms with van der Waals surface area (Å²) in [7, 11) is 1.51. The highest BCUT2D eigenvalue weighted by molar-refractivity contribution is 5.02. The Balaban J connectivity index is 1.77. The minimum Gasteiger partial charge on any atom is -0.394 e. The van der Waals surface area contributed by atoms with E-state index >= 15 is 0 Å². The van der Waals surface area contributed by atoms with Crippen molar-refractivity contribution in [3.8, 4) is 0 Å². The van der Waals surface area contributed by atoms with Crippen molar-refractivity contribution in [3.63, 3.8) is 0 Å². The largest absolute Gasteiger partial charge is 0.394 e. The Kier molecular flexibility index (Phi) is 6.88. The van der Waals surface area contributed by atoms with Crippen molar-refractivity contribution in [1.29, 1.82) is 0 Å². The fourth-order valence-electron chi connectivity index (χ4n) is 3.73. The van der Waals surface area contributed by atoms with Gasteiger partial charge in [-0.2, -0.15) is 0 Å². The molecule has 0 bridgehead atoms. The van der Waals surface area contributed by atoms with E-state index < -0.39 is 86.3 Å². The first-order chi connectivity index (χ1) is 13.2. The van der Waals surface area contributed by atoms with E-state index in [2.05, 4.69) is 5.32 Å². The van der Waals surface area contributed by atoms with E-state index in [4.69, 9.17) is 30.4 Å². The molecule has 3 rings (SSSR count). The van der Waals surface area contributed by atoms with Crippen LogP contribution in [-0.2, 0) is 18.9 Å². The second kappa shape index (κ2) is 8.69. The third-order valence-electron chi connectivity index (χ3n) is 5.51. The lowest BCUT2D eigenvalue weighted by Gasteiger charge is -2.51. The van der Waals surface area contributed by atoms with Gasteiger partial charge in [-0.25, -0.2) is 0 Å². The molecular weight excluding hydrogens is 382 g/mol. The SMILES string of the molecule is CN[C@@H]1[C@H](O[C@H]2O[C@H](CO)[C@@H](N)[C@H](O)[C@H]2O)O[C@H]2[C@H](O)[C@@H](N)[C@@H](O)O[C@@H]2[C@@H]1O. The normalized spacial score (nSPS) is 55.0. The summed E-state index contributed by atoms with van der Waals surface area (Å²) in [6.45, 7) is -0.515. The highest BCUT2D eigenvalue weighted by Gasteiger charge is 2.55. The van der Waals surface area contributed by atoms with Crippen LogP contribution in [0.3, 0.4) is 0 Å². The zero-order chi connectivity index (χ0) is 20.7. The number of nitrogens with two attached hydrogens (primary N) is 2. The van der Waals surface area contributed by atoms with Gasteiger partial charge in [0.25, 0.3) is 0 Å². The topological polar surface area (TPSA) is 222 Å². The molecule has 13 atom stereocenters. The maximum atomic E-state index is 10.6. The number of hydrogen-bond acceptors (Lipinski definition) is 13. The predicted molar refractivity (Wildman–Crippen MR) is 89.2 cm³/mol. The number of rotatable bonds is 4. The minimum absolute atomic E-state index is 0.515. The molecular formula is C15H29N3O10. The fourth-order valence-corrected chi connectivity index (χ4v) is 3.73. The molecule has 0 aromatic rings. The van der Waals surface area contributed by atoms with E-state index in [1.807, 2.05) is 0 Å². The van der Waals surface area contributed by atoms with Crippen LogP contribution in [0.5, 0.6) is 0 Å². The van der Waals surface area contributed by atoms with E-state index in [1.165, 1.54) is 7.05 Å². The fraction of sp³-hybridized carbons (Fsp3) is 1.00. The van der Waals surface area contributed by atoms with Gasteiger partial charge in [-0.1, -0.05) is 0 Å². The van der Waals surface area contributed by atoms with Crippen LogP contribution in [0.25, 0.3) is 0 Å². The molecule has 3 heterocycles. The zero-order valence-corrected chi connectivity index (χ0v) is 15.2. The maximum absolute atomic E-state index is 10.6. The molecule has 3 aliphatic heterocycles. The second-order valence-electron chi connectivity index (χ2n) is 7.25. The summed E-state index contributed by atoms with van der Waals surface area (Å²) in [6.07, 6.45) is -13.0. The number of fused-ring (bicyclic) bond motifs is 1. The van der Waals surface area contributed by atoms with Crippen LogP contribution in [0.1, 0.15) is 0 Å². The quantitative estimate of drug-likeness (QED) is 0.210. The van der Waals surface area contributed by atoms with E-state index in [9.17, 15) is 30.6 Å². The van der Waals surface area contributed by atoms with Crippen LogP contribution in [0.4, 0.5) is 0 Å². The van der Waals surface area contributed by atoms with E-state index in [1.54, 1.807) is 0 Å². The number of hydrogen-bond donors (Lipinski definition) is 9. The third kappa shape index (κ3) is 3.79. The summed E-state index contributed by atoms with van der Waals surface area (Å²) in [6, 6.07) is -3.11. The number of aliphatic hydroxyl groups excluding tert-OH is 6. The molecule has 0 unspecified atom stereocenters. The molecule has 0 spiro atoms. The molecule has 11 N–H and O–H groups in total. The molecule has 164 valence electrons. The number of nitrogens with one attached hydrogen (secondary N) is 1. The smallest absolute Gasteiger partial charge is 0.189 e. The van der Waals surface area contributed by atoms with Crippen LogP contribution in [0.2, 0.25) is 0 Å². The first-order valence-corrected chi connectivity index (χ1v) is 9.02. The summed E-state index contributed by atoms with van der Waals surface area (Å²) in [5.41, 5.74) is 11.4. The molecule has 3 saturated heterocycles. The Morgan fingerprint density at radius 2 is 1.46 bits per heavy atom. The summed E-state index contributed by atoms with van der Waals surface area (Å²) in [5.74, 6) is 0. The zero-order valence-electron chi connectivity index (χ0n) is 15.2. The van der Waals surface area contributed by atoms with Gasteiger partial charge < -0.3 is 66.4 Å². The Bertz CT molecular complexity index is 530. The molecule has 0 saturated carbocycles. The van der Waals surface area contributed by atoms with E-state index in [0.29, 0.717) is 0 Å². The average molecular weight is 411 g/mol. The Morgan fingerprint density at radius 1 is 0.821 bits per heavy atom. The summed E-state index contributed by atoms with van der Waals surface area (Å²) in [4.78, 5) is 0. The lowest BCUT2D eigenvalue weighted by Crippen LogP contribution is -2.73. The second-order valence-corrected chi connectivity index (χ2v) is 7.25. The molecule has 0 radical (unpaired) electrons. The van der Waals surface area contributed by atoms with Gasteiger partial charge in [0, 0.05) is 0 Å². The van der Waals surface area contributed by atoms with Crippen LogP contribution >= 0.6 is 0 Å². The maximum Gasteiger partial charge on any atom is 0.189 e. The Hall–Kier alpha value is -0.520. The van der Waals surface area contributed by atoms with Gasteiger partial charge in [-0.3, -0.25) is 0 Å². The first-order valence-electron chi connectivity index (χ1n) is 9.02. The molecule has 28 heavy (non-hydrogen) atoms. The van der Waals surface area contributed by atoms with Crippen molar-refractivity contribution in [3.05, 3.63) is 0 Å². The Labute approximate surface area is 160 Å². The van der Waals surface area contributed by atoms with Gasteiger partial charge in [0.2, 0.25) is 0 Å². The van der Waals surface area contributed by atoms with E-state index in [0.717, 1.165) is 0 Å². The lowest BCUT2D eigenvalue weighted by atomic mass is 9.88. The van der Waals surface area contributed by atoms with Gasteiger partial charge in [0.05, 0.1) is 24.7 Å². The van der Waals surface area contributed by atoms with Crippen molar-refractivity contribution in [2.24, 2.45) is 11.5 Å². The van der Waals surface area contributed by atoms with Gasteiger partial charge in [0.15, 0.2) is 18.9 Å². The average Bonchev–Trinajstić information content (AvgIpc) is 2.68. The van der Waals surface area contributed by atoms with Gasteiger partial charge in [-0.15, -0.1) is 0 Å². The Morgan fingerprint density at radius 3 is 2.07 bits per heavy atom. The molecule has 0 amide bonds. The third-order valence-corrected chi connectivity index (χ3v) is 5.51. The van der Waals surface area contributed by atoms with Gasteiger partial charge in [-0.05, 0) is 7.05 Å². The molecule has 0 aromatic heterocycles. The van der Waals surface area contributed by atoms with Crippen molar-refractivity contribution < 1.29 is 49.6 Å². The minimum atomic E-state index is -1.55. The van der Waals surface area contributed by atoms with Gasteiger partial charge >= 0.3 is 0 Å². The molecule has 13 nitrogen and oxygen atoms in total. The van der Waals surface area contributed by atoms with Crippen molar-refractivity contribution in [2.45, 2.75) is 79.7 Å². The summed E-state index contributed by atoms with van der Waals surface area (Å²) < 4.78 is 22.0. The van der Waals surface area contributed by atoms with Crippen molar-refractivity contribution in [1.82, 2.24) is 5.32 Å². The monoisotopic (exact) mass is 411 g/mol. The molecule has 0 aliphatic carbocycles. The molecule has 13 heteroatoms. The molecule has 3 fully saturated rings. The number of likely N-dealkylation sites (N-methyl/N-ethyl adjacent to an activating group) is 1. The lowest BCUT2D eigenvalue weighted by molar-refractivity contribution is -0.378. The molecule has 3 aliphatic rings. The van der Waals surface area contributed by atoms with Gasteiger partial charge in [0.1, 0.15) is 42.7 Å². The van der Waals surface area contributed by atoms with Crippen molar-refractivity contribution in [2.75, 3.05) is 13.7 Å². The summed E-state index contributed by atoms with van der Waals surface area (Å²) >= 11 is 0. The highest BCUT2D eigenvalue weighted by atomic mass is 16.8.